The molecule has 0 heterocycles. The maximum Gasteiger partial charge on any atom is 0.0732 e. The van der Waals surface area contributed by atoms with E-state index in [0.717, 1.165) is 10.6 Å². The molecule has 0 bridgehead atoms. The molecule has 13 heavy (non-hydrogen) atoms. The van der Waals surface area contributed by atoms with Crippen LogP contribution in [0.5, 0.6) is 0 Å². The Bertz CT molecular complexity index is 250. The van der Waals surface area contributed by atoms with Crippen molar-refractivity contribution in [3.8, 4) is 0 Å². The van der Waals surface area contributed by atoms with E-state index in [1.807, 2.05) is 24.3 Å². The maximum absolute atomic E-state index is 5.93. The number of benzene rings is 1. The van der Waals surface area contributed by atoms with E-state index in [1.54, 1.807) is 7.11 Å². The minimum Gasteiger partial charge on any atom is -0.382 e. The van der Waals surface area contributed by atoms with E-state index >= 15 is 0 Å². The number of halogens is 1. The highest BCUT2D eigenvalue weighted by Crippen LogP contribution is 2.15. The summed E-state index contributed by atoms with van der Waals surface area (Å²) in [6.07, 6.45) is 0. The zero-order valence-electron chi connectivity index (χ0n) is 7.63. The lowest BCUT2D eigenvalue weighted by Gasteiger charge is -2.04. The summed E-state index contributed by atoms with van der Waals surface area (Å²) in [6.45, 7) is 1.76. The largest absolute Gasteiger partial charge is 0.382 e. The molecular formula is C10H13ClO2. The minimum atomic E-state index is 0.545. The first-order valence-electron chi connectivity index (χ1n) is 4.14. The summed E-state index contributed by atoms with van der Waals surface area (Å²) in [7, 11) is 1.65. The lowest BCUT2D eigenvalue weighted by atomic mass is 10.2. The van der Waals surface area contributed by atoms with Crippen molar-refractivity contribution in [3.63, 3.8) is 0 Å². The zero-order valence-corrected chi connectivity index (χ0v) is 8.38. The zero-order chi connectivity index (χ0) is 9.52. The van der Waals surface area contributed by atoms with Gasteiger partial charge >= 0.3 is 0 Å². The number of hydrogen-bond donors (Lipinski definition) is 0. The van der Waals surface area contributed by atoms with E-state index in [2.05, 4.69) is 0 Å². The van der Waals surface area contributed by atoms with Gasteiger partial charge in [0.2, 0.25) is 0 Å². The number of methoxy groups -OCH3 is 1. The fourth-order valence-electron chi connectivity index (χ4n) is 0.940. The maximum atomic E-state index is 5.93. The van der Waals surface area contributed by atoms with Gasteiger partial charge in [0.15, 0.2) is 0 Å². The molecule has 2 nitrogen and oxygen atoms in total. The third-order valence-corrected chi connectivity index (χ3v) is 2.02. The first-order chi connectivity index (χ1) is 6.34. The van der Waals surface area contributed by atoms with Crippen LogP contribution in [0.4, 0.5) is 0 Å². The average Bonchev–Trinajstić information content (AvgIpc) is 2.15. The topological polar surface area (TPSA) is 18.5 Å². The number of ether oxygens (including phenoxy) is 2. The predicted molar refractivity (Wildman–Crippen MR) is 53.0 cm³/mol. The normalized spacial score (nSPS) is 10.3. The third kappa shape index (κ3) is 3.77. The van der Waals surface area contributed by atoms with Crippen molar-refractivity contribution in [2.24, 2.45) is 0 Å². The molecule has 1 aromatic rings. The lowest BCUT2D eigenvalue weighted by Crippen LogP contribution is -2.01. The van der Waals surface area contributed by atoms with Crippen LogP contribution < -0.4 is 0 Å². The predicted octanol–water partition coefficient (Wildman–Crippen LogP) is 2.50. The van der Waals surface area contributed by atoms with Gasteiger partial charge in [-0.1, -0.05) is 29.8 Å². The van der Waals surface area contributed by atoms with Crippen molar-refractivity contribution in [2.45, 2.75) is 6.61 Å². The molecule has 0 amide bonds. The van der Waals surface area contributed by atoms with Gasteiger partial charge in [-0.15, -0.1) is 0 Å². The Labute approximate surface area is 83.4 Å². The van der Waals surface area contributed by atoms with Gasteiger partial charge in [0.05, 0.1) is 19.8 Å². The summed E-state index contributed by atoms with van der Waals surface area (Å²) in [6, 6.07) is 7.66. The van der Waals surface area contributed by atoms with Crippen LogP contribution in [-0.2, 0) is 16.1 Å². The SMILES string of the molecule is COCCOCc1ccccc1Cl. The number of rotatable bonds is 5. The fraction of sp³-hybridized carbons (Fsp3) is 0.400. The smallest absolute Gasteiger partial charge is 0.0732 e. The summed E-state index contributed by atoms with van der Waals surface area (Å²) in [5.74, 6) is 0. The van der Waals surface area contributed by atoms with Crippen LogP contribution in [0.1, 0.15) is 5.56 Å². The van der Waals surface area contributed by atoms with Crippen molar-refractivity contribution < 1.29 is 9.47 Å². The van der Waals surface area contributed by atoms with Crippen LogP contribution in [0.3, 0.4) is 0 Å². The summed E-state index contributed by atoms with van der Waals surface area (Å²) >= 11 is 5.93. The number of hydrogen-bond acceptors (Lipinski definition) is 2. The van der Waals surface area contributed by atoms with Gasteiger partial charge in [-0.2, -0.15) is 0 Å². The molecule has 0 aliphatic carbocycles. The van der Waals surface area contributed by atoms with Crippen LogP contribution in [0.15, 0.2) is 24.3 Å². The average molecular weight is 201 g/mol. The van der Waals surface area contributed by atoms with Crippen molar-refractivity contribution in [2.75, 3.05) is 20.3 Å². The first kappa shape index (κ1) is 10.5. The second kappa shape index (κ2) is 5.97. The molecule has 0 aromatic heterocycles. The molecule has 1 rings (SSSR count). The standard InChI is InChI=1S/C10H13ClO2/c1-12-6-7-13-8-9-4-2-3-5-10(9)11/h2-5H,6-8H2,1H3. The molecule has 0 aliphatic rings. The van der Waals surface area contributed by atoms with Gasteiger partial charge in [0.25, 0.3) is 0 Å². The Hall–Kier alpha value is -0.570. The van der Waals surface area contributed by atoms with Crippen molar-refractivity contribution in [3.05, 3.63) is 34.9 Å². The van der Waals surface area contributed by atoms with Crippen LogP contribution in [0.25, 0.3) is 0 Å². The summed E-state index contributed by atoms with van der Waals surface area (Å²) < 4.78 is 10.2. The van der Waals surface area contributed by atoms with E-state index in [4.69, 9.17) is 21.1 Å². The van der Waals surface area contributed by atoms with E-state index in [9.17, 15) is 0 Å². The van der Waals surface area contributed by atoms with E-state index in [-0.39, 0.29) is 0 Å². The van der Waals surface area contributed by atoms with Crippen LogP contribution in [0.2, 0.25) is 5.02 Å². The summed E-state index contributed by atoms with van der Waals surface area (Å²) in [5, 5.41) is 0.750. The first-order valence-corrected chi connectivity index (χ1v) is 4.52. The third-order valence-electron chi connectivity index (χ3n) is 1.65. The van der Waals surface area contributed by atoms with Gasteiger partial charge in [-0.05, 0) is 11.6 Å². The van der Waals surface area contributed by atoms with E-state index in [1.165, 1.54) is 0 Å². The van der Waals surface area contributed by atoms with Crippen LogP contribution >= 0.6 is 11.6 Å². The monoisotopic (exact) mass is 200 g/mol. The van der Waals surface area contributed by atoms with Gasteiger partial charge in [-0.3, -0.25) is 0 Å². The molecule has 0 radical (unpaired) electrons. The molecule has 0 spiro atoms. The van der Waals surface area contributed by atoms with E-state index < -0.39 is 0 Å². The quantitative estimate of drug-likeness (QED) is 0.680. The van der Waals surface area contributed by atoms with E-state index in [0.29, 0.717) is 19.8 Å². The lowest BCUT2D eigenvalue weighted by molar-refractivity contribution is 0.0617. The van der Waals surface area contributed by atoms with Crippen LogP contribution in [0, 0.1) is 0 Å². The van der Waals surface area contributed by atoms with Gasteiger partial charge in [0, 0.05) is 12.1 Å². The Morgan fingerprint density at radius 2 is 2.00 bits per heavy atom. The molecule has 1 aromatic carbocycles. The minimum absolute atomic E-state index is 0.545. The summed E-state index contributed by atoms with van der Waals surface area (Å²) in [5.41, 5.74) is 1.01. The molecule has 0 N–H and O–H groups in total. The van der Waals surface area contributed by atoms with Crippen LogP contribution in [-0.4, -0.2) is 20.3 Å². The highest BCUT2D eigenvalue weighted by molar-refractivity contribution is 6.31. The fourth-order valence-corrected chi connectivity index (χ4v) is 1.13. The Morgan fingerprint density at radius 1 is 1.23 bits per heavy atom. The molecule has 72 valence electrons. The molecule has 0 atom stereocenters. The second-order valence-corrected chi connectivity index (χ2v) is 3.04. The van der Waals surface area contributed by atoms with Crippen molar-refractivity contribution in [1.29, 1.82) is 0 Å². The highest BCUT2D eigenvalue weighted by atomic mass is 35.5. The molecule has 0 unspecified atom stereocenters. The van der Waals surface area contributed by atoms with Gasteiger partial charge < -0.3 is 9.47 Å². The Kier molecular flexibility index (Phi) is 4.83. The molecule has 0 saturated heterocycles. The molecule has 3 heteroatoms. The molecule has 0 saturated carbocycles. The Balaban J connectivity index is 2.32. The van der Waals surface area contributed by atoms with Gasteiger partial charge in [-0.25, -0.2) is 0 Å². The Morgan fingerprint density at radius 3 is 2.69 bits per heavy atom. The highest BCUT2D eigenvalue weighted by Gasteiger charge is 1.97. The van der Waals surface area contributed by atoms with Crippen molar-refractivity contribution in [1.82, 2.24) is 0 Å². The van der Waals surface area contributed by atoms with Gasteiger partial charge in [0.1, 0.15) is 0 Å². The molecule has 0 aliphatic heterocycles. The molecule has 0 fully saturated rings. The molecular weight excluding hydrogens is 188 g/mol. The van der Waals surface area contributed by atoms with Crippen molar-refractivity contribution >= 4 is 11.6 Å². The summed E-state index contributed by atoms with van der Waals surface area (Å²) in [4.78, 5) is 0. The second-order valence-electron chi connectivity index (χ2n) is 2.64.